The molecular formula is C17H25NO4. The maximum absolute atomic E-state index is 12.0. The lowest BCUT2D eigenvalue weighted by Gasteiger charge is -2.20. The number of carbonyl (C=O) groups excluding carboxylic acids is 2. The highest BCUT2D eigenvalue weighted by Gasteiger charge is 2.25. The summed E-state index contributed by atoms with van der Waals surface area (Å²) in [7, 11) is 1.61. The fraction of sp³-hybridized carbons (Fsp3) is 0.529. The molecule has 0 aliphatic rings. The van der Waals surface area contributed by atoms with E-state index in [1.165, 1.54) is 0 Å². The molecule has 0 radical (unpaired) electrons. The van der Waals surface area contributed by atoms with Crippen molar-refractivity contribution in [2.45, 2.75) is 39.7 Å². The van der Waals surface area contributed by atoms with Gasteiger partial charge in [0, 0.05) is 6.42 Å². The second kappa shape index (κ2) is 9.07. The van der Waals surface area contributed by atoms with Crippen LogP contribution >= 0.6 is 0 Å². The van der Waals surface area contributed by atoms with Crippen LogP contribution in [0.4, 0.5) is 0 Å². The van der Waals surface area contributed by atoms with Gasteiger partial charge >= 0.3 is 5.97 Å². The van der Waals surface area contributed by atoms with Gasteiger partial charge in [0.15, 0.2) is 0 Å². The molecule has 0 saturated heterocycles. The topological polar surface area (TPSA) is 64.6 Å². The largest absolute Gasteiger partial charge is 0.497 e. The molecule has 1 aromatic carbocycles. The molecule has 0 aromatic heterocycles. The van der Waals surface area contributed by atoms with E-state index in [2.05, 4.69) is 5.32 Å². The number of ether oxygens (including phenoxy) is 2. The number of aryl methyl sites for hydroxylation is 1. The highest BCUT2D eigenvalue weighted by Crippen LogP contribution is 2.13. The van der Waals surface area contributed by atoms with Crippen LogP contribution in [0, 0.1) is 5.92 Å². The van der Waals surface area contributed by atoms with Gasteiger partial charge < -0.3 is 14.8 Å². The van der Waals surface area contributed by atoms with Crippen LogP contribution in [-0.4, -0.2) is 31.6 Å². The number of rotatable bonds is 8. The van der Waals surface area contributed by atoms with E-state index in [1.807, 2.05) is 38.1 Å². The van der Waals surface area contributed by atoms with E-state index in [4.69, 9.17) is 9.47 Å². The summed E-state index contributed by atoms with van der Waals surface area (Å²) in [5.74, 6) is 0.247. The lowest BCUT2D eigenvalue weighted by molar-refractivity contribution is -0.148. The number of hydrogen-bond acceptors (Lipinski definition) is 4. The molecular weight excluding hydrogens is 282 g/mol. The second-order valence-electron chi connectivity index (χ2n) is 5.39. The Morgan fingerprint density at radius 3 is 2.32 bits per heavy atom. The zero-order valence-electron chi connectivity index (χ0n) is 13.7. The minimum Gasteiger partial charge on any atom is -0.497 e. The maximum Gasteiger partial charge on any atom is 0.328 e. The molecule has 5 nitrogen and oxygen atoms in total. The monoisotopic (exact) mass is 307 g/mol. The first kappa shape index (κ1) is 18.0. The molecule has 1 N–H and O–H groups in total. The van der Waals surface area contributed by atoms with Gasteiger partial charge in [0.1, 0.15) is 11.8 Å². The van der Waals surface area contributed by atoms with Crippen LogP contribution in [0.3, 0.4) is 0 Å². The predicted octanol–water partition coefficient (Wildman–Crippen LogP) is 2.33. The normalized spacial score (nSPS) is 11.9. The van der Waals surface area contributed by atoms with Crippen molar-refractivity contribution in [3.8, 4) is 5.75 Å². The minimum atomic E-state index is -0.594. The molecule has 22 heavy (non-hydrogen) atoms. The summed E-state index contributed by atoms with van der Waals surface area (Å²) in [5.41, 5.74) is 1.05. The lowest BCUT2D eigenvalue weighted by Crippen LogP contribution is -2.45. The average Bonchev–Trinajstić information content (AvgIpc) is 2.51. The Hall–Kier alpha value is -2.04. The Balaban J connectivity index is 2.50. The molecule has 5 heteroatoms. The molecule has 0 saturated carbocycles. The van der Waals surface area contributed by atoms with E-state index in [1.54, 1.807) is 14.0 Å². The van der Waals surface area contributed by atoms with Gasteiger partial charge in [-0.3, -0.25) is 4.79 Å². The van der Waals surface area contributed by atoms with E-state index in [0.29, 0.717) is 19.4 Å². The smallest absolute Gasteiger partial charge is 0.328 e. The Morgan fingerprint density at radius 2 is 1.82 bits per heavy atom. The summed E-state index contributed by atoms with van der Waals surface area (Å²) in [6.45, 7) is 5.82. The van der Waals surface area contributed by atoms with Crippen molar-refractivity contribution in [2.24, 2.45) is 5.92 Å². The average molecular weight is 307 g/mol. The molecule has 0 spiro atoms. The molecule has 1 unspecified atom stereocenters. The molecule has 0 fully saturated rings. The first-order valence-corrected chi connectivity index (χ1v) is 7.56. The van der Waals surface area contributed by atoms with E-state index in [0.717, 1.165) is 11.3 Å². The van der Waals surface area contributed by atoms with Gasteiger partial charge in [-0.2, -0.15) is 0 Å². The van der Waals surface area contributed by atoms with Crippen molar-refractivity contribution in [3.05, 3.63) is 29.8 Å². The number of carbonyl (C=O) groups is 2. The fourth-order valence-corrected chi connectivity index (χ4v) is 2.03. The van der Waals surface area contributed by atoms with Gasteiger partial charge in [-0.15, -0.1) is 0 Å². The van der Waals surface area contributed by atoms with Crippen molar-refractivity contribution in [3.63, 3.8) is 0 Å². The van der Waals surface area contributed by atoms with E-state index in [-0.39, 0.29) is 17.8 Å². The molecule has 0 heterocycles. The number of amides is 1. The first-order chi connectivity index (χ1) is 10.5. The van der Waals surface area contributed by atoms with E-state index in [9.17, 15) is 9.59 Å². The number of methoxy groups -OCH3 is 1. The third kappa shape index (κ3) is 5.76. The van der Waals surface area contributed by atoms with Crippen molar-refractivity contribution in [2.75, 3.05) is 13.7 Å². The van der Waals surface area contributed by atoms with Gasteiger partial charge in [0.2, 0.25) is 5.91 Å². The molecule has 1 amide bonds. The highest BCUT2D eigenvalue weighted by molar-refractivity contribution is 5.84. The molecule has 1 rings (SSSR count). The Bertz CT molecular complexity index is 482. The van der Waals surface area contributed by atoms with Gasteiger partial charge in [-0.05, 0) is 37.0 Å². The molecule has 1 aromatic rings. The third-order valence-corrected chi connectivity index (χ3v) is 3.32. The van der Waals surface area contributed by atoms with Crippen LogP contribution in [0.1, 0.15) is 32.8 Å². The molecule has 0 aliphatic heterocycles. The number of hydrogen-bond donors (Lipinski definition) is 1. The van der Waals surface area contributed by atoms with Gasteiger partial charge in [0.25, 0.3) is 0 Å². The van der Waals surface area contributed by atoms with Crippen molar-refractivity contribution >= 4 is 11.9 Å². The molecule has 122 valence electrons. The Labute approximate surface area is 132 Å². The van der Waals surface area contributed by atoms with Crippen molar-refractivity contribution in [1.29, 1.82) is 0 Å². The summed E-state index contributed by atoms with van der Waals surface area (Å²) in [4.78, 5) is 23.8. The van der Waals surface area contributed by atoms with Gasteiger partial charge in [0.05, 0.1) is 13.7 Å². The van der Waals surface area contributed by atoms with E-state index >= 15 is 0 Å². The SMILES string of the molecule is CCOC(=O)C(NC(=O)CCc1ccc(OC)cc1)C(C)C. The van der Waals surface area contributed by atoms with Crippen LogP contribution in [0.15, 0.2) is 24.3 Å². The Morgan fingerprint density at radius 1 is 1.18 bits per heavy atom. The van der Waals surface area contributed by atoms with Crippen LogP contribution in [0.25, 0.3) is 0 Å². The predicted molar refractivity (Wildman–Crippen MR) is 84.7 cm³/mol. The van der Waals surface area contributed by atoms with E-state index < -0.39 is 6.04 Å². The highest BCUT2D eigenvalue weighted by atomic mass is 16.5. The number of benzene rings is 1. The summed E-state index contributed by atoms with van der Waals surface area (Å²) in [5, 5.41) is 2.76. The van der Waals surface area contributed by atoms with Gasteiger partial charge in [-0.1, -0.05) is 26.0 Å². The van der Waals surface area contributed by atoms with Crippen LogP contribution < -0.4 is 10.1 Å². The molecule has 0 aliphatic carbocycles. The summed E-state index contributed by atoms with van der Waals surface area (Å²) in [6, 6.07) is 6.99. The minimum absolute atomic E-state index is 0.0102. The summed E-state index contributed by atoms with van der Waals surface area (Å²) in [6.07, 6.45) is 0.943. The van der Waals surface area contributed by atoms with Crippen LogP contribution in [-0.2, 0) is 20.7 Å². The molecule has 0 bridgehead atoms. The zero-order chi connectivity index (χ0) is 16.5. The molecule has 1 atom stereocenters. The summed E-state index contributed by atoms with van der Waals surface area (Å²) < 4.78 is 10.1. The van der Waals surface area contributed by atoms with Crippen molar-refractivity contribution < 1.29 is 19.1 Å². The van der Waals surface area contributed by atoms with Gasteiger partial charge in [-0.25, -0.2) is 4.79 Å². The summed E-state index contributed by atoms with van der Waals surface area (Å²) >= 11 is 0. The fourth-order valence-electron chi connectivity index (χ4n) is 2.03. The van der Waals surface area contributed by atoms with Crippen LogP contribution in [0.5, 0.6) is 5.75 Å². The second-order valence-corrected chi connectivity index (χ2v) is 5.39. The standard InChI is InChI=1S/C17H25NO4/c1-5-22-17(20)16(12(2)3)18-15(19)11-8-13-6-9-14(21-4)10-7-13/h6-7,9-10,12,16H,5,8,11H2,1-4H3,(H,18,19). The Kier molecular flexibility index (Phi) is 7.43. The number of nitrogens with one attached hydrogen (secondary N) is 1. The maximum atomic E-state index is 12.0. The van der Waals surface area contributed by atoms with Crippen molar-refractivity contribution in [1.82, 2.24) is 5.32 Å². The third-order valence-electron chi connectivity index (χ3n) is 3.32. The quantitative estimate of drug-likeness (QED) is 0.749. The number of esters is 1. The zero-order valence-corrected chi connectivity index (χ0v) is 13.7. The van der Waals surface area contributed by atoms with Crippen LogP contribution in [0.2, 0.25) is 0 Å². The first-order valence-electron chi connectivity index (χ1n) is 7.56. The lowest BCUT2D eigenvalue weighted by atomic mass is 10.0.